The lowest BCUT2D eigenvalue weighted by Gasteiger charge is -2.04. The van der Waals surface area contributed by atoms with Gasteiger partial charge in [0.25, 0.3) is 0 Å². The molecule has 102 valence electrons. The summed E-state index contributed by atoms with van der Waals surface area (Å²) in [5.41, 5.74) is 1.10. The van der Waals surface area contributed by atoms with Crippen LogP contribution in [0.4, 0.5) is 4.39 Å². The van der Waals surface area contributed by atoms with Gasteiger partial charge in [-0.3, -0.25) is 0 Å². The van der Waals surface area contributed by atoms with Gasteiger partial charge in [0.2, 0.25) is 0 Å². The summed E-state index contributed by atoms with van der Waals surface area (Å²) in [5, 5.41) is 3.47. The third-order valence-corrected chi connectivity index (χ3v) is 3.71. The first-order valence-corrected chi connectivity index (χ1v) is 7.33. The molecule has 1 aromatic carbocycles. The van der Waals surface area contributed by atoms with Crippen molar-refractivity contribution in [2.45, 2.75) is 20.4 Å². The largest absolute Gasteiger partial charge is 0.312 e. The number of aromatic nitrogens is 1. The summed E-state index contributed by atoms with van der Waals surface area (Å²) in [6, 6.07) is 6.88. The van der Waals surface area contributed by atoms with Gasteiger partial charge in [0.1, 0.15) is 0 Å². The summed E-state index contributed by atoms with van der Waals surface area (Å²) < 4.78 is 18.2. The van der Waals surface area contributed by atoms with Crippen LogP contribution < -0.4 is 5.32 Å². The normalized spacial score (nSPS) is 11.2. The van der Waals surface area contributed by atoms with Crippen LogP contribution in [0.1, 0.15) is 18.7 Å². The van der Waals surface area contributed by atoms with E-state index in [2.05, 4.69) is 23.5 Å². The van der Waals surface area contributed by atoms with E-state index in [-0.39, 0.29) is 5.02 Å². The van der Waals surface area contributed by atoms with Gasteiger partial charge in [0.15, 0.2) is 5.82 Å². The average molecular weight is 299 g/mol. The Hall–Kier alpha value is -0.970. The van der Waals surface area contributed by atoms with Gasteiger partial charge in [-0.25, -0.2) is 4.39 Å². The first-order chi connectivity index (χ1) is 9.08. The third-order valence-electron chi connectivity index (χ3n) is 2.64. The molecule has 0 unspecified atom stereocenters. The third kappa shape index (κ3) is 3.75. The molecule has 0 atom stereocenters. The van der Waals surface area contributed by atoms with Crippen molar-refractivity contribution in [3.05, 3.63) is 40.0 Å². The monoisotopic (exact) mass is 298 g/mol. The van der Waals surface area contributed by atoms with Crippen LogP contribution in [0.2, 0.25) is 5.02 Å². The highest BCUT2D eigenvalue weighted by atomic mass is 35.5. The Kier molecular flexibility index (Phi) is 4.91. The second-order valence-corrected chi connectivity index (χ2v) is 6.10. The van der Waals surface area contributed by atoms with Crippen molar-refractivity contribution in [3.8, 4) is 11.3 Å². The highest BCUT2D eigenvalue weighted by Gasteiger charge is 2.11. The molecule has 0 aliphatic heterocycles. The SMILES string of the molecule is CC(C)CNCc1cc(-c2cccc(Cl)c2F)ns1. The quantitative estimate of drug-likeness (QED) is 0.888. The van der Waals surface area contributed by atoms with Gasteiger partial charge in [-0.1, -0.05) is 31.5 Å². The van der Waals surface area contributed by atoms with Crippen molar-refractivity contribution in [1.29, 1.82) is 0 Å². The fraction of sp³-hybridized carbons (Fsp3) is 0.357. The van der Waals surface area contributed by atoms with Crippen LogP contribution in [0.5, 0.6) is 0 Å². The Labute approximate surface area is 121 Å². The Morgan fingerprint density at radius 2 is 2.21 bits per heavy atom. The van der Waals surface area contributed by atoms with E-state index in [1.54, 1.807) is 12.1 Å². The molecule has 0 aliphatic rings. The van der Waals surface area contributed by atoms with E-state index in [4.69, 9.17) is 11.6 Å². The molecule has 0 fully saturated rings. The van der Waals surface area contributed by atoms with Crippen LogP contribution in [-0.4, -0.2) is 10.9 Å². The first-order valence-electron chi connectivity index (χ1n) is 6.18. The smallest absolute Gasteiger partial charge is 0.151 e. The van der Waals surface area contributed by atoms with Gasteiger partial charge in [0, 0.05) is 17.0 Å². The minimum Gasteiger partial charge on any atom is -0.312 e. The van der Waals surface area contributed by atoms with Crippen molar-refractivity contribution in [2.75, 3.05) is 6.54 Å². The summed E-state index contributed by atoms with van der Waals surface area (Å²) in [5.74, 6) is 0.203. The van der Waals surface area contributed by atoms with Gasteiger partial charge in [-0.05, 0) is 42.2 Å². The standard InChI is InChI=1S/C14H16ClFN2S/c1-9(2)7-17-8-10-6-13(18-19-10)11-4-3-5-12(15)14(11)16/h3-6,9,17H,7-8H2,1-2H3. The van der Waals surface area contributed by atoms with Crippen LogP contribution in [0.15, 0.2) is 24.3 Å². The fourth-order valence-electron chi connectivity index (χ4n) is 1.71. The fourth-order valence-corrected chi connectivity index (χ4v) is 2.58. The van der Waals surface area contributed by atoms with Crippen molar-refractivity contribution in [3.63, 3.8) is 0 Å². The van der Waals surface area contributed by atoms with Gasteiger partial charge in [-0.2, -0.15) is 4.37 Å². The minimum absolute atomic E-state index is 0.130. The van der Waals surface area contributed by atoms with E-state index in [9.17, 15) is 4.39 Å². The molecule has 0 saturated carbocycles. The molecule has 0 saturated heterocycles. The number of rotatable bonds is 5. The Bertz CT molecular complexity index is 554. The van der Waals surface area contributed by atoms with E-state index in [1.165, 1.54) is 17.6 Å². The molecule has 19 heavy (non-hydrogen) atoms. The predicted octanol–water partition coefficient (Wildman–Crippen LogP) is 4.35. The van der Waals surface area contributed by atoms with Crippen LogP contribution in [0.25, 0.3) is 11.3 Å². The lowest BCUT2D eigenvalue weighted by atomic mass is 10.1. The molecule has 1 N–H and O–H groups in total. The van der Waals surface area contributed by atoms with Crippen LogP contribution in [0, 0.1) is 11.7 Å². The maximum atomic E-state index is 13.9. The molecular formula is C14H16ClFN2S. The Balaban J connectivity index is 2.10. The Morgan fingerprint density at radius 3 is 2.95 bits per heavy atom. The number of nitrogens with one attached hydrogen (secondary N) is 1. The topological polar surface area (TPSA) is 24.9 Å². The average Bonchev–Trinajstić information content (AvgIpc) is 2.81. The van der Waals surface area contributed by atoms with Crippen LogP contribution in [-0.2, 0) is 6.54 Å². The van der Waals surface area contributed by atoms with Crippen molar-refractivity contribution >= 4 is 23.1 Å². The highest BCUT2D eigenvalue weighted by Crippen LogP contribution is 2.28. The zero-order valence-electron chi connectivity index (χ0n) is 10.9. The van der Waals surface area contributed by atoms with Crippen LogP contribution >= 0.6 is 23.1 Å². The summed E-state index contributed by atoms with van der Waals surface area (Å²) in [7, 11) is 0. The molecule has 0 radical (unpaired) electrons. The van der Waals surface area contributed by atoms with Crippen molar-refractivity contribution in [1.82, 2.24) is 9.69 Å². The van der Waals surface area contributed by atoms with Crippen LogP contribution in [0.3, 0.4) is 0 Å². The van der Waals surface area contributed by atoms with Gasteiger partial charge < -0.3 is 5.32 Å². The molecule has 5 heteroatoms. The lowest BCUT2D eigenvalue weighted by molar-refractivity contribution is 0.555. The number of hydrogen-bond donors (Lipinski definition) is 1. The second-order valence-electron chi connectivity index (χ2n) is 4.80. The molecule has 2 aromatic rings. The van der Waals surface area contributed by atoms with Gasteiger partial charge >= 0.3 is 0 Å². The van der Waals surface area contributed by atoms with Gasteiger partial charge in [-0.15, -0.1) is 0 Å². The summed E-state index contributed by atoms with van der Waals surface area (Å²) in [4.78, 5) is 1.09. The molecule has 1 aromatic heterocycles. The van der Waals surface area contributed by atoms with Gasteiger partial charge in [0.05, 0.1) is 10.7 Å². The van der Waals surface area contributed by atoms with E-state index in [0.29, 0.717) is 17.2 Å². The zero-order chi connectivity index (χ0) is 13.8. The second kappa shape index (κ2) is 6.46. The number of halogens is 2. The van der Waals surface area contributed by atoms with Crippen molar-refractivity contribution in [2.24, 2.45) is 5.92 Å². The van der Waals surface area contributed by atoms with E-state index >= 15 is 0 Å². The summed E-state index contributed by atoms with van der Waals surface area (Å²) >= 11 is 7.17. The zero-order valence-corrected chi connectivity index (χ0v) is 12.5. The number of nitrogens with zero attached hydrogens (tertiary/aromatic N) is 1. The van der Waals surface area contributed by atoms with E-state index in [0.717, 1.165) is 18.0 Å². The molecule has 0 spiro atoms. The molecule has 0 aliphatic carbocycles. The number of benzene rings is 1. The maximum Gasteiger partial charge on any atom is 0.151 e. The molecule has 2 nitrogen and oxygen atoms in total. The summed E-state index contributed by atoms with van der Waals surface area (Å²) in [6.45, 7) is 6.04. The highest BCUT2D eigenvalue weighted by molar-refractivity contribution is 7.06. The maximum absolute atomic E-state index is 13.9. The number of hydrogen-bond acceptors (Lipinski definition) is 3. The lowest BCUT2D eigenvalue weighted by Crippen LogP contribution is -2.18. The predicted molar refractivity (Wildman–Crippen MR) is 79.1 cm³/mol. The molecule has 0 bridgehead atoms. The first kappa shape index (κ1) is 14.4. The van der Waals surface area contributed by atoms with E-state index < -0.39 is 5.82 Å². The molecule has 0 amide bonds. The Morgan fingerprint density at radius 1 is 1.42 bits per heavy atom. The van der Waals surface area contributed by atoms with E-state index in [1.807, 2.05) is 6.07 Å². The molecule has 2 rings (SSSR count). The minimum atomic E-state index is -0.406. The van der Waals surface area contributed by atoms with Crippen molar-refractivity contribution < 1.29 is 4.39 Å². The molecule has 1 heterocycles. The summed E-state index contributed by atoms with van der Waals surface area (Å²) in [6.07, 6.45) is 0. The molecular weight excluding hydrogens is 283 g/mol.